The first-order chi connectivity index (χ1) is 14.6. The van der Waals surface area contributed by atoms with Crippen molar-refractivity contribution in [3.05, 3.63) is 107 Å². The number of rotatable bonds is 5. The van der Waals surface area contributed by atoms with E-state index in [9.17, 15) is 8.60 Å². The van der Waals surface area contributed by atoms with Gasteiger partial charge in [-0.3, -0.25) is 0 Å². The van der Waals surface area contributed by atoms with Crippen molar-refractivity contribution in [3.8, 4) is 0 Å². The molecule has 0 heterocycles. The van der Waals surface area contributed by atoms with Gasteiger partial charge in [0.25, 0.3) is 0 Å². The molecule has 0 amide bonds. The summed E-state index contributed by atoms with van der Waals surface area (Å²) in [7, 11) is -1.25. The third kappa shape index (κ3) is 4.23. The minimum atomic E-state index is -2.77. The van der Waals surface area contributed by atoms with E-state index in [1.807, 2.05) is 0 Å². The summed E-state index contributed by atoms with van der Waals surface area (Å²) in [5.74, 6) is -0.355. The maximum atomic E-state index is 13.2. The van der Waals surface area contributed by atoms with Crippen molar-refractivity contribution in [1.82, 2.24) is 4.72 Å². The lowest BCUT2D eigenvalue weighted by molar-refractivity contribution is 0.625. The third-order valence-electron chi connectivity index (χ3n) is 5.46. The molecule has 1 unspecified atom stereocenters. The Morgan fingerprint density at radius 1 is 0.933 bits per heavy atom. The number of nitrogens with one attached hydrogen (secondary N) is 1. The monoisotopic (exact) mass is 420 g/mol. The van der Waals surface area contributed by atoms with Crippen LogP contribution in [0.1, 0.15) is 28.7 Å². The number of halogens is 1. The molecule has 154 valence electrons. The zero-order valence-corrected chi connectivity index (χ0v) is 17.8. The highest BCUT2D eigenvalue weighted by Gasteiger charge is 2.17. The Bertz CT molecular complexity index is 1140. The number of hydrogen-bond donors (Lipinski definition) is 1. The van der Waals surface area contributed by atoms with Crippen LogP contribution in [0, 0.1) is 5.82 Å². The normalized spacial score (nSPS) is 14.8. The van der Waals surface area contributed by atoms with Crippen molar-refractivity contribution < 1.29 is 8.60 Å². The van der Waals surface area contributed by atoms with Gasteiger partial charge in [0.05, 0.1) is 4.90 Å². The van der Waals surface area contributed by atoms with Crippen LogP contribution in [-0.4, -0.2) is 17.8 Å². The first kappa shape index (κ1) is 20.5. The van der Waals surface area contributed by atoms with Crippen LogP contribution < -0.4 is 4.72 Å². The summed E-state index contributed by atoms with van der Waals surface area (Å²) in [5, 5.41) is 0. The smallest absolute Gasteiger partial charge is 0.137 e. The maximum Gasteiger partial charge on any atom is 0.137 e. The molecule has 3 aromatic rings. The van der Waals surface area contributed by atoms with Crippen LogP contribution in [0.2, 0.25) is 0 Å². The van der Waals surface area contributed by atoms with Gasteiger partial charge in [-0.1, -0.05) is 54.6 Å². The average molecular weight is 421 g/mol. The van der Waals surface area contributed by atoms with Gasteiger partial charge in [0.15, 0.2) is 0 Å². The molecule has 4 rings (SSSR count). The quantitative estimate of drug-likeness (QED) is 0.551. The molecular weight excluding hydrogens is 395 g/mol. The van der Waals surface area contributed by atoms with E-state index in [0.717, 1.165) is 12.8 Å². The standard InChI is InChI=1S/C25H25FN2OS/c1-27-30(29,22-16-14-21(26)15-17-22)28-18-6-11-25-23-9-4-2-7-19(23)12-13-20-8-3-5-10-24(20)25/h2-5,7-11,14-17H,6,12-13,18H2,1H3,(H,27,28,29). The van der Waals surface area contributed by atoms with E-state index in [4.69, 9.17) is 0 Å². The van der Waals surface area contributed by atoms with Gasteiger partial charge >= 0.3 is 0 Å². The van der Waals surface area contributed by atoms with E-state index in [2.05, 4.69) is 63.7 Å². The van der Waals surface area contributed by atoms with Crippen molar-refractivity contribution >= 4 is 15.5 Å². The molecule has 1 aliphatic carbocycles. The Labute approximate surface area is 178 Å². The van der Waals surface area contributed by atoms with Crippen molar-refractivity contribution in [1.29, 1.82) is 0 Å². The highest BCUT2D eigenvalue weighted by atomic mass is 32.2. The summed E-state index contributed by atoms with van der Waals surface area (Å²) in [5.41, 5.74) is 6.46. The van der Waals surface area contributed by atoms with E-state index in [1.165, 1.54) is 59.1 Å². The van der Waals surface area contributed by atoms with Gasteiger partial charge in [-0.2, -0.15) is 0 Å². The zero-order valence-electron chi connectivity index (χ0n) is 17.0. The van der Waals surface area contributed by atoms with Gasteiger partial charge in [-0.25, -0.2) is 17.7 Å². The van der Waals surface area contributed by atoms with Crippen molar-refractivity contribution in [2.24, 2.45) is 4.36 Å². The summed E-state index contributed by atoms with van der Waals surface area (Å²) >= 11 is 0. The zero-order chi connectivity index (χ0) is 21.0. The molecule has 3 nitrogen and oxygen atoms in total. The number of aryl methyl sites for hydroxylation is 2. The first-order valence-corrected chi connectivity index (χ1v) is 11.6. The number of fused-ring (bicyclic) bond motifs is 2. The van der Waals surface area contributed by atoms with Crippen LogP contribution in [0.5, 0.6) is 0 Å². The van der Waals surface area contributed by atoms with Gasteiger partial charge in [0, 0.05) is 13.6 Å². The van der Waals surface area contributed by atoms with E-state index in [-0.39, 0.29) is 5.82 Å². The fourth-order valence-corrected chi connectivity index (χ4v) is 5.33. The lowest BCUT2D eigenvalue weighted by atomic mass is 9.93. The van der Waals surface area contributed by atoms with E-state index in [1.54, 1.807) is 0 Å². The summed E-state index contributed by atoms with van der Waals surface area (Å²) in [4.78, 5) is 0.490. The summed E-state index contributed by atoms with van der Waals surface area (Å²) in [6.07, 6.45) is 4.97. The third-order valence-corrected chi connectivity index (χ3v) is 7.48. The lowest BCUT2D eigenvalue weighted by Gasteiger charge is -2.13. The van der Waals surface area contributed by atoms with Crippen LogP contribution in [0.3, 0.4) is 0 Å². The topological polar surface area (TPSA) is 41.5 Å². The highest BCUT2D eigenvalue weighted by molar-refractivity contribution is 7.91. The Morgan fingerprint density at radius 2 is 1.50 bits per heavy atom. The van der Waals surface area contributed by atoms with Crippen LogP contribution in [0.15, 0.2) is 88.1 Å². The van der Waals surface area contributed by atoms with E-state index >= 15 is 0 Å². The number of benzene rings is 3. The molecule has 1 aliphatic rings. The molecule has 0 aliphatic heterocycles. The van der Waals surface area contributed by atoms with Crippen molar-refractivity contribution in [2.75, 3.05) is 13.6 Å². The molecule has 0 aromatic heterocycles. The Morgan fingerprint density at radius 3 is 2.07 bits per heavy atom. The lowest BCUT2D eigenvalue weighted by Crippen LogP contribution is -2.24. The van der Waals surface area contributed by atoms with Gasteiger partial charge in [0.2, 0.25) is 0 Å². The predicted octanol–water partition coefficient (Wildman–Crippen LogP) is 5.41. The average Bonchev–Trinajstić information content (AvgIpc) is 2.94. The Kier molecular flexibility index (Phi) is 6.11. The Balaban J connectivity index is 1.58. The molecule has 0 fully saturated rings. The second kappa shape index (κ2) is 8.94. The van der Waals surface area contributed by atoms with Crippen molar-refractivity contribution in [3.63, 3.8) is 0 Å². The van der Waals surface area contributed by atoms with E-state index < -0.39 is 9.92 Å². The molecule has 0 bridgehead atoms. The molecule has 0 saturated heterocycles. The molecule has 0 radical (unpaired) electrons. The minimum absolute atomic E-state index is 0.355. The first-order valence-electron chi connectivity index (χ1n) is 10.1. The van der Waals surface area contributed by atoms with Gasteiger partial charge in [0.1, 0.15) is 15.7 Å². The SMILES string of the molecule is CN=S(=O)(NCCC=C1c2ccccc2CCc2ccccc21)c1ccc(F)cc1. The van der Waals surface area contributed by atoms with Gasteiger partial charge < -0.3 is 0 Å². The van der Waals surface area contributed by atoms with Crippen LogP contribution in [0.25, 0.3) is 5.57 Å². The second-order valence-corrected chi connectivity index (χ2v) is 9.45. The summed E-state index contributed by atoms with van der Waals surface area (Å²) in [6, 6.07) is 22.8. The molecular formula is C25H25FN2OS. The second-order valence-electron chi connectivity index (χ2n) is 7.28. The van der Waals surface area contributed by atoms with E-state index in [0.29, 0.717) is 17.9 Å². The molecule has 30 heavy (non-hydrogen) atoms. The van der Waals surface area contributed by atoms with Crippen LogP contribution in [0.4, 0.5) is 4.39 Å². The fourth-order valence-electron chi connectivity index (χ4n) is 3.92. The number of hydrogen-bond acceptors (Lipinski definition) is 2. The fraction of sp³-hybridized carbons (Fsp3) is 0.200. The molecule has 0 spiro atoms. The highest BCUT2D eigenvalue weighted by Crippen LogP contribution is 2.33. The summed E-state index contributed by atoms with van der Waals surface area (Å²) < 4.78 is 33.5. The summed E-state index contributed by atoms with van der Waals surface area (Å²) in [6.45, 7) is 0.501. The van der Waals surface area contributed by atoms with Crippen molar-refractivity contribution in [2.45, 2.75) is 24.2 Å². The molecule has 1 atom stereocenters. The van der Waals surface area contributed by atoms with Crippen LogP contribution in [-0.2, 0) is 22.8 Å². The van der Waals surface area contributed by atoms with Crippen LogP contribution >= 0.6 is 0 Å². The molecule has 5 heteroatoms. The van der Waals surface area contributed by atoms with Gasteiger partial charge in [-0.05, 0) is 71.4 Å². The maximum absolute atomic E-state index is 13.2. The molecule has 1 N–H and O–H groups in total. The minimum Gasteiger partial charge on any atom is -0.229 e. The number of nitrogens with zero attached hydrogens (tertiary/aromatic N) is 1. The molecule has 3 aromatic carbocycles. The molecule has 0 saturated carbocycles. The largest absolute Gasteiger partial charge is 0.229 e. The van der Waals surface area contributed by atoms with Gasteiger partial charge in [-0.15, -0.1) is 0 Å². The predicted molar refractivity (Wildman–Crippen MR) is 121 cm³/mol. The Hall–Kier alpha value is -2.76.